The van der Waals surface area contributed by atoms with Crippen LogP contribution in [0.15, 0.2) is 30.3 Å². The maximum Gasteiger partial charge on any atom is 0.227 e. The van der Waals surface area contributed by atoms with Crippen molar-refractivity contribution in [3.05, 3.63) is 30.3 Å². The molecule has 0 aliphatic carbocycles. The number of ether oxygens (including phenoxy) is 1. The molecule has 1 aliphatic heterocycles. The molecule has 1 aliphatic rings. The number of para-hydroxylation sites is 1. The Morgan fingerprint density at radius 1 is 1.35 bits per heavy atom. The van der Waals surface area contributed by atoms with Crippen LogP contribution in [-0.2, 0) is 9.53 Å². The molecule has 1 heterocycles. The third-order valence-corrected chi connectivity index (χ3v) is 3.81. The lowest BCUT2D eigenvalue weighted by Crippen LogP contribution is -2.32. The number of benzene rings is 1. The molecule has 0 N–H and O–H groups in total. The van der Waals surface area contributed by atoms with E-state index in [1.54, 1.807) is 0 Å². The molecule has 110 valence electrons. The standard InChI is InChI=1S/C17H25NO2/c1-2-3-13-18(15-8-5-4-6-9-15)17(19)12-11-16-10-7-14-20-16/h4-6,8-9,16H,2-3,7,10-14H2,1H3. The molecular formula is C17H25NO2. The van der Waals surface area contributed by atoms with Crippen molar-refractivity contribution in [1.29, 1.82) is 0 Å². The molecule has 3 heteroatoms. The van der Waals surface area contributed by atoms with E-state index < -0.39 is 0 Å². The Labute approximate surface area is 121 Å². The Hall–Kier alpha value is -1.35. The van der Waals surface area contributed by atoms with E-state index in [2.05, 4.69) is 6.92 Å². The summed E-state index contributed by atoms with van der Waals surface area (Å²) in [5.74, 6) is 0.222. The quantitative estimate of drug-likeness (QED) is 0.758. The van der Waals surface area contributed by atoms with Gasteiger partial charge in [0.05, 0.1) is 6.10 Å². The fourth-order valence-electron chi connectivity index (χ4n) is 2.61. The first-order valence-corrected chi connectivity index (χ1v) is 7.78. The summed E-state index contributed by atoms with van der Waals surface area (Å²) in [5.41, 5.74) is 1.01. The number of rotatable bonds is 7. The summed E-state index contributed by atoms with van der Waals surface area (Å²) < 4.78 is 5.60. The summed E-state index contributed by atoms with van der Waals surface area (Å²) in [6, 6.07) is 9.99. The summed E-state index contributed by atoms with van der Waals surface area (Å²) in [7, 11) is 0. The van der Waals surface area contributed by atoms with E-state index >= 15 is 0 Å². The summed E-state index contributed by atoms with van der Waals surface area (Å²) in [5, 5.41) is 0. The molecule has 1 saturated heterocycles. The highest BCUT2D eigenvalue weighted by molar-refractivity contribution is 5.93. The van der Waals surface area contributed by atoms with Gasteiger partial charge in [-0.2, -0.15) is 0 Å². The van der Waals surface area contributed by atoms with Gasteiger partial charge in [0.25, 0.3) is 0 Å². The molecule has 20 heavy (non-hydrogen) atoms. The van der Waals surface area contributed by atoms with Crippen LogP contribution >= 0.6 is 0 Å². The van der Waals surface area contributed by atoms with Gasteiger partial charge < -0.3 is 9.64 Å². The Morgan fingerprint density at radius 2 is 2.15 bits per heavy atom. The van der Waals surface area contributed by atoms with Crippen LogP contribution in [0.4, 0.5) is 5.69 Å². The van der Waals surface area contributed by atoms with E-state index in [0.717, 1.165) is 50.9 Å². The normalized spacial score (nSPS) is 18.1. The maximum atomic E-state index is 12.5. The lowest BCUT2D eigenvalue weighted by atomic mass is 10.1. The number of anilines is 1. The van der Waals surface area contributed by atoms with Crippen LogP contribution in [0.2, 0.25) is 0 Å². The second-order valence-corrected chi connectivity index (χ2v) is 5.41. The number of unbranched alkanes of at least 4 members (excludes halogenated alkanes) is 1. The van der Waals surface area contributed by atoms with Crippen molar-refractivity contribution in [3.63, 3.8) is 0 Å². The van der Waals surface area contributed by atoms with Gasteiger partial charge in [-0.25, -0.2) is 0 Å². The molecule has 1 aromatic rings. The zero-order valence-electron chi connectivity index (χ0n) is 12.4. The first-order valence-electron chi connectivity index (χ1n) is 7.78. The van der Waals surface area contributed by atoms with Gasteiger partial charge in [-0.15, -0.1) is 0 Å². The zero-order chi connectivity index (χ0) is 14.2. The Kier molecular flexibility index (Phi) is 6.06. The number of hydrogen-bond acceptors (Lipinski definition) is 2. The molecule has 2 rings (SSSR count). The van der Waals surface area contributed by atoms with Crippen LogP contribution in [0.1, 0.15) is 45.4 Å². The van der Waals surface area contributed by atoms with Gasteiger partial charge in [0.15, 0.2) is 0 Å². The highest BCUT2D eigenvalue weighted by Crippen LogP contribution is 2.20. The summed E-state index contributed by atoms with van der Waals surface area (Å²) in [4.78, 5) is 14.4. The van der Waals surface area contributed by atoms with Gasteiger partial charge >= 0.3 is 0 Å². The lowest BCUT2D eigenvalue weighted by molar-refractivity contribution is -0.119. The third-order valence-electron chi connectivity index (χ3n) is 3.81. The predicted octanol–water partition coefficient (Wildman–Crippen LogP) is 3.78. The molecule has 1 atom stereocenters. The smallest absolute Gasteiger partial charge is 0.227 e. The molecule has 0 radical (unpaired) electrons. The minimum Gasteiger partial charge on any atom is -0.378 e. The van der Waals surface area contributed by atoms with Crippen molar-refractivity contribution in [2.45, 2.75) is 51.6 Å². The van der Waals surface area contributed by atoms with Gasteiger partial charge in [-0.1, -0.05) is 31.5 Å². The van der Waals surface area contributed by atoms with Crippen LogP contribution in [0.25, 0.3) is 0 Å². The van der Waals surface area contributed by atoms with Gasteiger partial charge in [0.2, 0.25) is 5.91 Å². The SMILES string of the molecule is CCCCN(C(=O)CCC1CCCO1)c1ccccc1. The molecule has 0 spiro atoms. The van der Waals surface area contributed by atoms with E-state index in [4.69, 9.17) is 4.74 Å². The van der Waals surface area contributed by atoms with Crippen LogP contribution in [-0.4, -0.2) is 25.2 Å². The first-order chi connectivity index (χ1) is 9.81. The first kappa shape index (κ1) is 15.0. The van der Waals surface area contributed by atoms with Crippen molar-refractivity contribution in [2.75, 3.05) is 18.1 Å². The molecule has 0 aromatic heterocycles. The average molecular weight is 275 g/mol. The minimum absolute atomic E-state index is 0.222. The molecule has 0 bridgehead atoms. The molecular weight excluding hydrogens is 250 g/mol. The van der Waals surface area contributed by atoms with Crippen molar-refractivity contribution in [3.8, 4) is 0 Å². The summed E-state index contributed by atoms with van der Waals surface area (Å²) in [6.45, 7) is 3.82. The topological polar surface area (TPSA) is 29.5 Å². The zero-order valence-corrected chi connectivity index (χ0v) is 12.4. The number of amides is 1. The number of hydrogen-bond donors (Lipinski definition) is 0. The Bertz CT molecular complexity index is 399. The minimum atomic E-state index is 0.222. The summed E-state index contributed by atoms with van der Waals surface area (Å²) in [6.07, 6.45) is 6.12. The lowest BCUT2D eigenvalue weighted by Gasteiger charge is -2.23. The monoisotopic (exact) mass is 275 g/mol. The number of nitrogens with zero attached hydrogens (tertiary/aromatic N) is 1. The van der Waals surface area contributed by atoms with Gasteiger partial charge in [0, 0.05) is 25.3 Å². The third kappa shape index (κ3) is 4.34. The maximum absolute atomic E-state index is 12.5. The fraction of sp³-hybridized carbons (Fsp3) is 0.588. The molecule has 1 aromatic carbocycles. The van der Waals surface area contributed by atoms with Crippen molar-refractivity contribution in [1.82, 2.24) is 0 Å². The second-order valence-electron chi connectivity index (χ2n) is 5.41. The molecule has 1 unspecified atom stereocenters. The van der Waals surface area contributed by atoms with E-state index in [0.29, 0.717) is 12.5 Å². The van der Waals surface area contributed by atoms with E-state index in [-0.39, 0.29) is 5.91 Å². The Balaban J connectivity index is 1.92. The van der Waals surface area contributed by atoms with Crippen LogP contribution in [0, 0.1) is 0 Å². The fourth-order valence-corrected chi connectivity index (χ4v) is 2.61. The highest BCUT2D eigenvalue weighted by atomic mass is 16.5. The largest absolute Gasteiger partial charge is 0.378 e. The number of carbonyl (C=O) groups excluding carboxylic acids is 1. The predicted molar refractivity (Wildman–Crippen MR) is 81.9 cm³/mol. The van der Waals surface area contributed by atoms with E-state index in [1.165, 1.54) is 0 Å². The van der Waals surface area contributed by atoms with Crippen molar-refractivity contribution < 1.29 is 9.53 Å². The Morgan fingerprint density at radius 3 is 2.80 bits per heavy atom. The van der Waals surface area contributed by atoms with Crippen molar-refractivity contribution >= 4 is 11.6 Å². The van der Waals surface area contributed by atoms with Gasteiger partial charge in [-0.05, 0) is 37.8 Å². The molecule has 1 amide bonds. The van der Waals surface area contributed by atoms with Gasteiger partial charge in [-0.3, -0.25) is 4.79 Å². The van der Waals surface area contributed by atoms with Crippen LogP contribution in [0.5, 0.6) is 0 Å². The second kappa shape index (κ2) is 8.05. The number of carbonyl (C=O) groups is 1. The summed E-state index contributed by atoms with van der Waals surface area (Å²) >= 11 is 0. The molecule has 1 fully saturated rings. The molecule has 0 saturated carbocycles. The van der Waals surface area contributed by atoms with E-state index in [1.807, 2.05) is 35.2 Å². The van der Waals surface area contributed by atoms with Crippen LogP contribution in [0.3, 0.4) is 0 Å². The average Bonchev–Trinajstić information content (AvgIpc) is 3.00. The van der Waals surface area contributed by atoms with E-state index in [9.17, 15) is 4.79 Å². The highest BCUT2D eigenvalue weighted by Gasteiger charge is 2.20. The molecule has 3 nitrogen and oxygen atoms in total. The van der Waals surface area contributed by atoms with Gasteiger partial charge in [0.1, 0.15) is 0 Å². The van der Waals surface area contributed by atoms with Crippen molar-refractivity contribution in [2.24, 2.45) is 0 Å². The van der Waals surface area contributed by atoms with Crippen LogP contribution < -0.4 is 4.90 Å².